The van der Waals surface area contributed by atoms with Crippen LogP contribution in [0.1, 0.15) is 101 Å². The molecule has 4 saturated carbocycles. The number of carbonyl (C=O) groups is 3. The minimum Gasteiger partial charge on any atom is -0.462 e. The highest BCUT2D eigenvalue weighted by Crippen LogP contribution is 2.87. The van der Waals surface area contributed by atoms with Crippen molar-refractivity contribution in [1.29, 1.82) is 0 Å². The quantitative estimate of drug-likeness (QED) is 0.158. The fourth-order valence-corrected chi connectivity index (χ4v) is 12.2. The molecule has 0 aromatic rings. The summed E-state index contributed by atoms with van der Waals surface area (Å²) < 4.78 is 12.5. The molecule has 0 aromatic carbocycles. The molecule has 6 nitrogen and oxygen atoms in total. The van der Waals surface area contributed by atoms with E-state index in [0.717, 1.165) is 38.5 Å². The van der Waals surface area contributed by atoms with E-state index in [2.05, 4.69) is 67.3 Å². The molecule has 0 radical (unpaired) electrons. The molecule has 0 bridgehead atoms. The first kappa shape index (κ1) is 34.8. The van der Waals surface area contributed by atoms with E-state index in [1.54, 1.807) is 0 Å². The van der Waals surface area contributed by atoms with Gasteiger partial charge in [-0.2, -0.15) is 0 Å². The highest BCUT2D eigenvalue weighted by atomic mass is 28.4. The summed E-state index contributed by atoms with van der Waals surface area (Å²) in [5.74, 6) is -0.257. The SMILES string of the molecule is C=C(C(O)C(=O)[C@@H](C)[C@H]1[C@@H](OC(C)=O)C[C@@]2(C)C3CCC4[C@H](C)C(=O)C=C[C@@]45C[C@@]35CC[C@]12C)[C@@H](C)CO[Si](C)(C)C(C)(C)C. The Bertz CT molecular complexity index is 1300. The third kappa shape index (κ3) is 4.94. The van der Waals surface area contributed by atoms with Crippen LogP contribution in [0.3, 0.4) is 0 Å². The van der Waals surface area contributed by atoms with E-state index in [1.165, 1.54) is 6.92 Å². The molecule has 252 valence electrons. The lowest BCUT2D eigenvalue weighted by molar-refractivity contribution is -0.155. The summed E-state index contributed by atoms with van der Waals surface area (Å²) in [7, 11) is -1.99. The molecule has 45 heavy (non-hydrogen) atoms. The number of rotatable bonds is 9. The van der Waals surface area contributed by atoms with Gasteiger partial charge in [0.05, 0.1) is 0 Å². The number of ether oxygens (including phenoxy) is 1. The molecule has 5 rings (SSSR count). The average Bonchev–Trinajstić information content (AvgIpc) is 3.55. The summed E-state index contributed by atoms with van der Waals surface area (Å²) in [5.41, 5.74) is 0.386. The molecular formula is C38H60O6Si. The van der Waals surface area contributed by atoms with Gasteiger partial charge in [-0.1, -0.05) is 68.0 Å². The lowest BCUT2D eigenvalue weighted by atomic mass is 9.43. The molecule has 7 heteroatoms. The van der Waals surface area contributed by atoms with Crippen LogP contribution in [0.25, 0.3) is 0 Å². The van der Waals surface area contributed by atoms with E-state index >= 15 is 0 Å². The molecule has 3 unspecified atom stereocenters. The summed E-state index contributed by atoms with van der Waals surface area (Å²) in [5, 5.41) is 11.5. The van der Waals surface area contributed by atoms with Crippen molar-refractivity contribution in [3.63, 3.8) is 0 Å². The summed E-state index contributed by atoms with van der Waals surface area (Å²) in [4.78, 5) is 39.3. The second-order valence-corrected chi connectivity index (χ2v) is 22.8. The standard InChI is InChI=1S/C38H60O6Si/c1-22(20-43-45(11,12)34(6,7)8)23(2)32(41)33(42)25(4)31-29(44-26(5)39)19-36(10)30-14-13-27-24(3)28(40)15-16-37(27)21-38(30,37)18-17-35(31,36)9/h15-16,22,24-25,27,29-32,41H,2,13-14,17-21H2,1,3-12H3/t22-,24-,25-,27?,29-,30?,31-,32?,35+,36-,37+,38-/m0/s1. The van der Waals surface area contributed by atoms with Crippen molar-refractivity contribution in [2.75, 3.05) is 6.61 Å². The van der Waals surface area contributed by atoms with Crippen LogP contribution in [0.5, 0.6) is 0 Å². The zero-order chi connectivity index (χ0) is 33.7. The molecule has 0 saturated heterocycles. The Morgan fingerprint density at radius 2 is 1.78 bits per heavy atom. The van der Waals surface area contributed by atoms with Crippen molar-refractivity contribution >= 4 is 25.9 Å². The van der Waals surface area contributed by atoms with Gasteiger partial charge >= 0.3 is 5.97 Å². The molecule has 5 aliphatic rings. The Morgan fingerprint density at radius 3 is 2.38 bits per heavy atom. The van der Waals surface area contributed by atoms with Gasteiger partial charge in [-0.25, -0.2) is 0 Å². The number of esters is 1. The van der Waals surface area contributed by atoms with Crippen molar-refractivity contribution in [3.8, 4) is 0 Å². The van der Waals surface area contributed by atoms with Gasteiger partial charge in [-0.05, 0) is 102 Å². The van der Waals surface area contributed by atoms with Gasteiger partial charge in [0.15, 0.2) is 19.9 Å². The number of aliphatic hydroxyl groups is 1. The number of carbonyl (C=O) groups excluding carboxylic acids is 3. The van der Waals surface area contributed by atoms with Crippen molar-refractivity contribution in [2.45, 2.75) is 131 Å². The highest BCUT2D eigenvalue weighted by Gasteiger charge is 2.81. The van der Waals surface area contributed by atoms with Crippen molar-refractivity contribution in [3.05, 3.63) is 24.3 Å². The van der Waals surface area contributed by atoms with Gasteiger partial charge in [0.2, 0.25) is 0 Å². The van der Waals surface area contributed by atoms with E-state index in [9.17, 15) is 19.5 Å². The van der Waals surface area contributed by atoms with Crippen LogP contribution >= 0.6 is 0 Å². The lowest BCUT2D eigenvalue weighted by Crippen LogP contribution is -2.55. The Hall–Kier alpha value is -1.57. The molecule has 1 N–H and O–H groups in total. The number of ketones is 2. The fourth-order valence-electron chi connectivity index (χ4n) is 11.1. The first-order valence-corrected chi connectivity index (χ1v) is 20.5. The predicted molar refractivity (Wildman–Crippen MR) is 180 cm³/mol. The largest absolute Gasteiger partial charge is 0.462 e. The second kappa shape index (κ2) is 11.0. The normalized spacial score (nSPS) is 42.4. The summed E-state index contributed by atoms with van der Waals surface area (Å²) in [6.45, 7) is 27.8. The molecular weight excluding hydrogens is 580 g/mol. The number of Topliss-reactive ketones (excluding diaryl/α,β-unsaturated/α-hetero) is 1. The van der Waals surface area contributed by atoms with Crippen LogP contribution in [-0.4, -0.2) is 49.8 Å². The number of allylic oxidation sites excluding steroid dienone is 2. The second-order valence-electron chi connectivity index (χ2n) is 18.0. The van der Waals surface area contributed by atoms with Gasteiger partial charge in [-0.3, -0.25) is 14.4 Å². The molecule has 0 aliphatic heterocycles. The number of aliphatic hydroxyl groups excluding tert-OH is 1. The minimum absolute atomic E-state index is 0.0637. The summed E-state index contributed by atoms with van der Waals surface area (Å²) >= 11 is 0. The van der Waals surface area contributed by atoms with E-state index in [0.29, 0.717) is 24.0 Å². The third-order valence-electron chi connectivity index (χ3n) is 15.1. The fraction of sp³-hybridized carbons (Fsp3) is 0.816. The summed E-state index contributed by atoms with van der Waals surface area (Å²) in [6.07, 6.45) is 8.43. The Morgan fingerprint density at radius 1 is 1.13 bits per heavy atom. The minimum atomic E-state index is -1.99. The maximum Gasteiger partial charge on any atom is 0.302 e. The van der Waals surface area contributed by atoms with E-state index in [-0.39, 0.29) is 68.1 Å². The number of hydrogen-bond donors (Lipinski definition) is 1. The van der Waals surface area contributed by atoms with Crippen LogP contribution < -0.4 is 0 Å². The maximum atomic E-state index is 14.2. The predicted octanol–water partition coefficient (Wildman–Crippen LogP) is 7.70. The monoisotopic (exact) mass is 640 g/mol. The van der Waals surface area contributed by atoms with Crippen molar-refractivity contribution < 1.29 is 28.7 Å². The van der Waals surface area contributed by atoms with Gasteiger partial charge in [0.25, 0.3) is 0 Å². The molecule has 0 aromatic heterocycles. The molecule has 0 heterocycles. The third-order valence-corrected chi connectivity index (χ3v) is 19.6. The van der Waals surface area contributed by atoms with Crippen LogP contribution in [0.2, 0.25) is 18.1 Å². The van der Waals surface area contributed by atoms with E-state index in [1.807, 2.05) is 19.9 Å². The van der Waals surface area contributed by atoms with Crippen LogP contribution in [0, 0.1) is 57.2 Å². The number of hydrogen-bond acceptors (Lipinski definition) is 6. The van der Waals surface area contributed by atoms with Gasteiger partial charge in [0, 0.05) is 37.2 Å². The molecule has 4 fully saturated rings. The highest BCUT2D eigenvalue weighted by molar-refractivity contribution is 6.74. The van der Waals surface area contributed by atoms with Crippen LogP contribution in [-0.2, 0) is 23.5 Å². The maximum absolute atomic E-state index is 14.2. The average molecular weight is 641 g/mol. The van der Waals surface area contributed by atoms with Gasteiger partial charge in [0.1, 0.15) is 12.2 Å². The lowest BCUT2D eigenvalue weighted by Gasteiger charge is -2.60. The Labute approximate surface area is 273 Å². The number of fused-ring (bicyclic) bond motifs is 2. The molecule has 2 spiro atoms. The van der Waals surface area contributed by atoms with Gasteiger partial charge in [-0.15, -0.1) is 0 Å². The van der Waals surface area contributed by atoms with E-state index < -0.39 is 20.3 Å². The first-order valence-electron chi connectivity index (χ1n) is 17.5. The first-order chi connectivity index (χ1) is 20.6. The summed E-state index contributed by atoms with van der Waals surface area (Å²) in [6, 6.07) is 0. The molecule has 0 amide bonds. The van der Waals surface area contributed by atoms with Crippen LogP contribution in [0.4, 0.5) is 0 Å². The van der Waals surface area contributed by atoms with Crippen molar-refractivity contribution in [2.24, 2.45) is 57.2 Å². The molecule has 12 atom stereocenters. The zero-order valence-electron chi connectivity index (χ0n) is 29.9. The van der Waals surface area contributed by atoms with Crippen molar-refractivity contribution in [1.82, 2.24) is 0 Å². The topological polar surface area (TPSA) is 89.9 Å². The zero-order valence-corrected chi connectivity index (χ0v) is 30.9. The van der Waals surface area contributed by atoms with Gasteiger partial charge < -0.3 is 14.3 Å². The van der Waals surface area contributed by atoms with Crippen LogP contribution in [0.15, 0.2) is 24.3 Å². The van der Waals surface area contributed by atoms with E-state index in [4.69, 9.17) is 9.16 Å². The smallest absolute Gasteiger partial charge is 0.302 e. The molecule has 5 aliphatic carbocycles. The Balaban J connectivity index is 1.39. The Kier molecular flexibility index (Phi) is 8.48.